The number of aromatic nitrogens is 4. The molecule has 1 aromatic carbocycles. The zero-order chi connectivity index (χ0) is 21.1. The lowest BCUT2D eigenvalue weighted by molar-refractivity contribution is 0.123. The predicted octanol–water partition coefficient (Wildman–Crippen LogP) is 4.90. The van der Waals surface area contributed by atoms with Crippen LogP contribution >= 0.6 is 0 Å². The van der Waals surface area contributed by atoms with Crippen LogP contribution in [0.5, 0.6) is 0 Å². The molecule has 6 nitrogen and oxygen atoms in total. The minimum absolute atomic E-state index is 0.748. The van der Waals surface area contributed by atoms with Crippen molar-refractivity contribution >= 4 is 16.7 Å². The summed E-state index contributed by atoms with van der Waals surface area (Å²) in [5, 5.41) is 4.80. The minimum Gasteiger partial charge on any atom is -0.378 e. The molecule has 0 aliphatic carbocycles. The molecule has 1 saturated heterocycles. The fourth-order valence-corrected chi connectivity index (χ4v) is 3.78. The zero-order valence-corrected chi connectivity index (χ0v) is 18.1. The van der Waals surface area contributed by atoms with E-state index in [-0.39, 0.29) is 0 Å². The number of nitrogens with zero attached hydrogens (tertiary/aromatic N) is 4. The van der Waals surface area contributed by atoms with Gasteiger partial charge in [0.1, 0.15) is 0 Å². The van der Waals surface area contributed by atoms with E-state index in [4.69, 9.17) is 14.8 Å². The molecular formula is C24H29N5O. The number of hydrogen-bond donors (Lipinski definition) is 1. The SMILES string of the molecule is CC.Cc1cccc(-c2ccn(-c3cc(N4CCOCC4)c4[nH]cc(C)c4n3)n2)c1. The average molecular weight is 404 g/mol. The fraction of sp³-hybridized carbons (Fsp3) is 0.333. The van der Waals surface area contributed by atoms with E-state index in [1.54, 1.807) is 0 Å². The first-order valence-electron chi connectivity index (χ1n) is 10.6. The quantitative estimate of drug-likeness (QED) is 0.529. The van der Waals surface area contributed by atoms with Crippen LogP contribution in [0.25, 0.3) is 28.1 Å². The fourth-order valence-electron chi connectivity index (χ4n) is 3.78. The molecule has 0 spiro atoms. The molecule has 1 fully saturated rings. The van der Waals surface area contributed by atoms with Crippen LogP contribution in [0, 0.1) is 13.8 Å². The first kappa shape index (κ1) is 20.2. The Kier molecular flexibility index (Phi) is 5.86. The van der Waals surface area contributed by atoms with Crippen LogP contribution in [0.2, 0.25) is 0 Å². The van der Waals surface area contributed by atoms with E-state index in [1.807, 2.05) is 37.0 Å². The number of hydrogen-bond acceptors (Lipinski definition) is 4. The van der Waals surface area contributed by atoms with Gasteiger partial charge in [-0.15, -0.1) is 0 Å². The van der Waals surface area contributed by atoms with E-state index >= 15 is 0 Å². The second kappa shape index (κ2) is 8.71. The van der Waals surface area contributed by atoms with E-state index in [2.05, 4.69) is 54.1 Å². The van der Waals surface area contributed by atoms with Gasteiger partial charge in [-0.2, -0.15) is 5.10 Å². The highest BCUT2D eigenvalue weighted by molar-refractivity contribution is 5.92. The van der Waals surface area contributed by atoms with E-state index < -0.39 is 0 Å². The Balaban J connectivity index is 0.00000106. The third kappa shape index (κ3) is 3.83. The number of H-pyrrole nitrogens is 1. The van der Waals surface area contributed by atoms with Crippen LogP contribution in [0.1, 0.15) is 25.0 Å². The number of benzene rings is 1. The summed E-state index contributed by atoms with van der Waals surface area (Å²) in [6, 6.07) is 12.6. The van der Waals surface area contributed by atoms with Gasteiger partial charge in [-0.1, -0.05) is 37.6 Å². The lowest BCUT2D eigenvalue weighted by atomic mass is 10.1. The Bertz CT molecular complexity index is 1140. The van der Waals surface area contributed by atoms with E-state index in [0.717, 1.165) is 65.7 Å². The summed E-state index contributed by atoms with van der Waals surface area (Å²) < 4.78 is 7.40. The predicted molar refractivity (Wildman–Crippen MR) is 123 cm³/mol. The minimum atomic E-state index is 0.748. The van der Waals surface area contributed by atoms with Crippen molar-refractivity contribution in [3.63, 3.8) is 0 Å². The highest BCUT2D eigenvalue weighted by atomic mass is 16.5. The summed E-state index contributed by atoms with van der Waals surface area (Å²) in [6.07, 6.45) is 4.00. The number of fused-ring (bicyclic) bond motifs is 1. The number of rotatable bonds is 3. The molecule has 4 aromatic rings. The van der Waals surface area contributed by atoms with Gasteiger partial charge >= 0.3 is 0 Å². The van der Waals surface area contributed by atoms with Crippen molar-refractivity contribution in [3.8, 4) is 17.1 Å². The number of anilines is 1. The van der Waals surface area contributed by atoms with Crippen molar-refractivity contribution in [2.75, 3.05) is 31.2 Å². The largest absolute Gasteiger partial charge is 0.378 e. The Hall–Kier alpha value is -3.12. The maximum absolute atomic E-state index is 5.53. The Morgan fingerprint density at radius 2 is 1.83 bits per heavy atom. The third-order valence-electron chi connectivity index (χ3n) is 5.28. The molecule has 3 aromatic heterocycles. The van der Waals surface area contributed by atoms with Crippen molar-refractivity contribution in [1.82, 2.24) is 19.7 Å². The summed E-state index contributed by atoms with van der Waals surface area (Å²) in [5.41, 5.74) is 7.65. The van der Waals surface area contributed by atoms with Gasteiger partial charge in [0.2, 0.25) is 0 Å². The number of ether oxygens (including phenoxy) is 1. The average Bonchev–Trinajstić information content (AvgIpc) is 3.43. The molecule has 4 heterocycles. The van der Waals surface area contributed by atoms with Gasteiger partial charge in [0, 0.05) is 37.1 Å². The number of morpholine rings is 1. The Labute approximate surface area is 177 Å². The number of nitrogens with one attached hydrogen (secondary N) is 1. The Morgan fingerprint density at radius 3 is 2.60 bits per heavy atom. The van der Waals surface area contributed by atoms with Crippen LogP contribution in [-0.4, -0.2) is 46.1 Å². The van der Waals surface area contributed by atoms with Crippen molar-refractivity contribution in [3.05, 3.63) is 59.9 Å². The van der Waals surface area contributed by atoms with Gasteiger partial charge < -0.3 is 14.6 Å². The first-order valence-corrected chi connectivity index (χ1v) is 10.6. The third-order valence-corrected chi connectivity index (χ3v) is 5.28. The van der Waals surface area contributed by atoms with E-state index in [1.165, 1.54) is 5.56 Å². The summed E-state index contributed by atoms with van der Waals surface area (Å²) in [5.74, 6) is 0.829. The van der Waals surface area contributed by atoms with Gasteiger partial charge in [-0.3, -0.25) is 0 Å². The topological polar surface area (TPSA) is 59.0 Å². The molecule has 0 saturated carbocycles. The van der Waals surface area contributed by atoms with Gasteiger partial charge in [-0.05, 0) is 31.5 Å². The summed E-state index contributed by atoms with van der Waals surface area (Å²) in [7, 11) is 0. The maximum atomic E-state index is 5.53. The van der Waals surface area contributed by atoms with Crippen LogP contribution in [0.4, 0.5) is 5.69 Å². The molecule has 0 atom stereocenters. The lowest BCUT2D eigenvalue weighted by Gasteiger charge is -2.29. The highest BCUT2D eigenvalue weighted by Crippen LogP contribution is 2.30. The monoisotopic (exact) mass is 403 g/mol. The maximum Gasteiger partial charge on any atom is 0.156 e. The second-order valence-corrected chi connectivity index (χ2v) is 7.31. The highest BCUT2D eigenvalue weighted by Gasteiger charge is 2.18. The molecule has 6 heteroatoms. The lowest BCUT2D eigenvalue weighted by Crippen LogP contribution is -2.36. The molecular weight excluding hydrogens is 374 g/mol. The van der Waals surface area contributed by atoms with Crippen molar-refractivity contribution in [2.45, 2.75) is 27.7 Å². The Morgan fingerprint density at radius 1 is 1.03 bits per heavy atom. The molecule has 1 aliphatic rings. The molecule has 0 radical (unpaired) electrons. The van der Waals surface area contributed by atoms with E-state index in [9.17, 15) is 0 Å². The number of aromatic amines is 1. The molecule has 1 aliphatic heterocycles. The number of aryl methyl sites for hydroxylation is 2. The van der Waals surface area contributed by atoms with Crippen LogP contribution in [0.15, 0.2) is 48.8 Å². The standard InChI is InChI=1S/C22H23N5O.C2H6/c1-15-4-3-5-17(12-15)18-6-7-27(25-18)20-13-19(26-8-10-28-11-9-26)22-21(24-20)16(2)14-23-22;1-2/h3-7,12-14,23H,8-11H2,1-2H3;1-2H3. The molecule has 0 unspecified atom stereocenters. The van der Waals surface area contributed by atoms with Gasteiger partial charge in [0.25, 0.3) is 0 Å². The molecule has 30 heavy (non-hydrogen) atoms. The van der Waals surface area contributed by atoms with Crippen molar-refractivity contribution < 1.29 is 4.74 Å². The smallest absolute Gasteiger partial charge is 0.156 e. The molecule has 156 valence electrons. The van der Waals surface area contributed by atoms with Gasteiger partial charge in [0.05, 0.1) is 35.6 Å². The zero-order valence-electron chi connectivity index (χ0n) is 18.1. The number of pyridine rings is 1. The molecule has 1 N–H and O–H groups in total. The van der Waals surface area contributed by atoms with Gasteiger partial charge in [-0.25, -0.2) is 9.67 Å². The molecule has 0 bridgehead atoms. The van der Waals surface area contributed by atoms with Crippen molar-refractivity contribution in [1.29, 1.82) is 0 Å². The van der Waals surface area contributed by atoms with Crippen LogP contribution < -0.4 is 4.90 Å². The van der Waals surface area contributed by atoms with Gasteiger partial charge in [0.15, 0.2) is 5.82 Å². The summed E-state index contributed by atoms with van der Waals surface area (Å²) in [6.45, 7) is 11.4. The van der Waals surface area contributed by atoms with Crippen molar-refractivity contribution in [2.24, 2.45) is 0 Å². The van der Waals surface area contributed by atoms with Crippen LogP contribution in [-0.2, 0) is 4.74 Å². The first-order chi connectivity index (χ1) is 14.7. The molecule has 5 rings (SSSR count). The molecule has 0 amide bonds. The summed E-state index contributed by atoms with van der Waals surface area (Å²) in [4.78, 5) is 10.7. The van der Waals surface area contributed by atoms with Crippen LogP contribution in [0.3, 0.4) is 0 Å². The summed E-state index contributed by atoms with van der Waals surface area (Å²) >= 11 is 0. The normalized spacial score (nSPS) is 13.9. The second-order valence-electron chi connectivity index (χ2n) is 7.31. The van der Waals surface area contributed by atoms with E-state index in [0.29, 0.717) is 0 Å².